The number of nitrogens with zero attached hydrogens (tertiary/aromatic N) is 1. The highest BCUT2D eigenvalue weighted by Gasteiger charge is 2.04. The highest BCUT2D eigenvalue weighted by atomic mass is 79.9. The molecular formula is C11H13BrN4OS. The van der Waals surface area contributed by atoms with Gasteiger partial charge in [-0.25, -0.2) is 0 Å². The Morgan fingerprint density at radius 2 is 2.06 bits per heavy atom. The zero-order valence-corrected chi connectivity index (χ0v) is 12.1. The number of carbonyl (C=O) groups excluding carboxylic acids is 1. The summed E-state index contributed by atoms with van der Waals surface area (Å²) in [4.78, 5) is 11.7. The zero-order valence-electron chi connectivity index (χ0n) is 9.74. The maximum atomic E-state index is 11.7. The molecule has 5 nitrogen and oxygen atoms in total. The predicted octanol–water partition coefficient (Wildman–Crippen LogP) is 1.99. The molecule has 0 atom stereocenters. The Hall–Kier alpha value is -1.47. The van der Waals surface area contributed by atoms with Crippen LogP contribution in [-0.2, 0) is 4.79 Å². The molecule has 7 heteroatoms. The monoisotopic (exact) mass is 328 g/mol. The Balaban J connectivity index is 2.49. The number of anilines is 1. The van der Waals surface area contributed by atoms with Crippen molar-refractivity contribution in [2.75, 3.05) is 5.32 Å². The number of thiocarbonyl (C=S) groups is 1. The number of hydrogen-bond donors (Lipinski definition) is 3. The Kier molecular flexibility index (Phi) is 5.73. The van der Waals surface area contributed by atoms with Gasteiger partial charge in [0.2, 0.25) is 5.91 Å². The van der Waals surface area contributed by atoms with E-state index in [9.17, 15) is 4.79 Å². The SMILES string of the molecule is CC(CC(=O)Nc1ccc(Br)cc1)=NNC(N)=S. The third-order valence-electron chi connectivity index (χ3n) is 1.90. The number of benzene rings is 1. The lowest BCUT2D eigenvalue weighted by Gasteiger charge is -2.05. The van der Waals surface area contributed by atoms with E-state index < -0.39 is 0 Å². The number of carbonyl (C=O) groups is 1. The topological polar surface area (TPSA) is 79.5 Å². The van der Waals surface area contributed by atoms with Gasteiger partial charge in [-0.2, -0.15) is 5.10 Å². The van der Waals surface area contributed by atoms with E-state index in [4.69, 9.17) is 5.73 Å². The maximum Gasteiger partial charge on any atom is 0.230 e. The number of halogens is 1. The fourth-order valence-electron chi connectivity index (χ4n) is 1.16. The molecule has 0 aliphatic rings. The summed E-state index contributed by atoms with van der Waals surface area (Å²) in [5.41, 5.74) is 8.98. The third-order valence-corrected chi connectivity index (χ3v) is 2.52. The highest BCUT2D eigenvalue weighted by Crippen LogP contribution is 2.14. The first-order valence-corrected chi connectivity index (χ1v) is 6.31. The van der Waals surface area contributed by atoms with Crippen LogP contribution in [0.4, 0.5) is 5.69 Å². The largest absolute Gasteiger partial charge is 0.375 e. The normalized spacial score (nSPS) is 10.9. The van der Waals surface area contributed by atoms with Gasteiger partial charge in [0.15, 0.2) is 5.11 Å². The van der Waals surface area contributed by atoms with Gasteiger partial charge in [0.25, 0.3) is 0 Å². The summed E-state index contributed by atoms with van der Waals surface area (Å²) in [6.07, 6.45) is 0.172. The standard InChI is InChI=1S/C11H13BrN4OS/c1-7(15-16-11(13)18)6-10(17)14-9-4-2-8(12)3-5-9/h2-5H,6H2,1H3,(H,14,17)(H3,13,16,18). The molecule has 1 aromatic carbocycles. The van der Waals surface area contributed by atoms with Crippen molar-refractivity contribution in [1.29, 1.82) is 0 Å². The predicted molar refractivity (Wildman–Crippen MR) is 80.4 cm³/mol. The Morgan fingerprint density at radius 3 is 2.61 bits per heavy atom. The molecule has 0 aliphatic carbocycles. The molecule has 0 saturated carbocycles. The fourth-order valence-corrected chi connectivity index (χ4v) is 1.47. The number of nitrogens with two attached hydrogens (primary N) is 1. The van der Waals surface area contributed by atoms with Gasteiger partial charge in [0.1, 0.15) is 0 Å². The van der Waals surface area contributed by atoms with Crippen molar-refractivity contribution in [2.45, 2.75) is 13.3 Å². The minimum Gasteiger partial charge on any atom is -0.375 e. The first-order valence-electron chi connectivity index (χ1n) is 5.11. The van der Waals surface area contributed by atoms with E-state index >= 15 is 0 Å². The Bertz CT molecular complexity index is 472. The molecule has 1 rings (SSSR count). The van der Waals surface area contributed by atoms with Crippen LogP contribution in [0.25, 0.3) is 0 Å². The third kappa shape index (κ3) is 5.74. The van der Waals surface area contributed by atoms with Crippen molar-refractivity contribution in [3.8, 4) is 0 Å². The fraction of sp³-hybridized carbons (Fsp3) is 0.182. The Labute approximate surface area is 119 Å². The maximum absolute atomic E-state index is 11.7. The van der Waals surface area contributed by atoms with Crippen LogP contribution in [0.15, 0.2) is 33.8 Å². The molecule has 0 aromatic heterocycles. The lowest BCUT2D eigenvalue weighted by Crippen LogP contribution is -2.26. The summed E-state index contributed by atoms with van der Waals surface area (Å²) in [5, 5.41) is 6.68. The number of hydrogen-bond acceptors (Lipinski definition) is 3. The number of nitrogens with one attached hydrogen (secondary N) is 2. The smallest absolute Gasteiger partial charge is 0.230 e. The van der Waals surface area contributed by atoms with Gasteiger partial charge < -0.3 is 11.1 Å². The number of rotatable bonds is 4. The van der Waals surface area contributed by atoms with Gasteiger partial charge in [0.05, 0.1) is 6.42 Å². The molecule has 0 fully saturated rings. The second-order valence-electron chi connectivity index (χ2n) is 3.55. The van der Waals surface area contributed by atoms with Gasteiger partial charge in [0, 0.05) is 15.9 Å². The van der Waals surface area contributed by atoms with E-state index in [1.165, 1.54) is 0 Å². The molecule has 0 heterocycles. The molecule has 0 bridgehead atoms. The second kappa shape index (κ2) is 7.07. The first kappa shape index (κ1) is 14.6. The second-order valence-corrected chi connectivity index (χ2v) is 4.91. The van der Waals surface area contributed by atoms with Crippen LogP contribution < -0.4 is 16.5 Å². The Morgan fingerprint density at radius 1 is 1.44 bits per heavy atom. The van der Waals surface area contributed by atoms with Crippen molar-refractivity contribution in [3.63, 3.8) is 0 Å². The van der Waals surface area contributed by atoms with Crippen molar-refractivity contribution < 1.29 is 4.79 Å². The quantitative estimate of drug-likeness (QED) is 0.448. The number of hydrazone groups is 1. The van der Waals surface area contributed by atoms with Crippen LogP contribution in [0.3, 0.4) is 0 Å². The molecule has 18 heavy (non-hydrogen) atoms. The molecule has 96 valence electrons. The lowest BCUT2D eigenvalue weighted by atomic mass is 10.2. The van der Waals surface area contributed by atoms with Crippen molar-refractivity contribution >= 4 is 50.6 Å². The van der Waals surface area contributed by atoms with E-state index in [-0.39, 0.29) is 17.4 Å². The molecule has 1 amide bonds. The molecular weight excluding hydrogens is 316 g/mol. The van der Waals surface area contributed by atoms with Gasteiger partial charge in [-0.15, -0.1) is 0 Å². The van der Waals surface area contributed by atoms with Crippen molar-refractivity contribution in [1.82, 2.24) is 5.43 Å². The highest BCUT2D eigenvalue weighted by molar-refractivity contribution is 9.10. The van der Waals surface area contributed by atoms with Gasteiger partial charge in [-0.1, -0.05) is 15.9 Å². The van der Waals surface area contributed by atoms with Crippen LogP contribution in [0.1, 0.15) is 13.3 Å². The van der Waals surface area contributed by atoms with Gasteiger partial charge in [-0.3, -0.25) is 10.2 Å². The van der Waals surface area contributed by atoms with Gasteiger partial charge in [-0.05, 0) is 43.4 Å². The molecule has 0 saturated heterocycles. The minimum absolute atomic E-state index is 0.0719. The average molecular weight is 329 g/mol. The summed E-state index contributed by atoms with van der Waals surface area (Å²) in [7, 11) is 0. The van der Waals surface area contributed by atoms with E-state index in [0.29, 0.717) is 5.71 Å². The van der Waals surface area contributed by atoms with Crippen LogP contribution in [0, 0.1) is 0 Å². The summed E-state index contributed by atoms with van der Waals surface area (Å²) in [6, 6.07) is 7.32. The lowest BCUT2D eigenvalue weighted by molar-refractivity contribution is -0.115. The molecule has 0 radical (unpaired) electrons. The van der Waals surface area contributed by atoms with Crippen LogP contribution >= 0.6 is 28.1 Å². The minimum atomic E-state index is -0.150. The van der Waals surface area contributed by atoms with E-state index in [0.717, 1.165) is 10.2 Å². The molecule has 1 aromatic rings. The van der Waals surface area contributed by atoms with E-state index in [1.54, 1.807) is 6.92 Å². The van der Waals surface area contributed by atoms with E-state index in [1.807, 2.05) is 24.3 Å². The van der Waals surface area contributed by atoms with Crippen LogP contribution in [0.2, 0.25) is 0 Å². The summed E-state index contributed by atoms with van der Waals surface area (Å²) >= 11 is 7.92. The van der Waals surface area contributed by atoms with Gasteiger partial charge >= 0.3 is 0 Å². The molecule has 0 spiro atoms. The molecule has 4 N–H and O–H groups in total. The summed E-state index contributed by atoms with van der Waals surface area (Å²) < 4.78 is 0.957. The summed E-state index contributed by atoms with van der Waals surface area (Å²) in [5.74, 6) is -0.150. The summed E-state index contributed by atoms with van der Waals surface area (Å²) in [6.45, 7) is 1.71. The first-order chi connectivity index (χ1) is 8.47. The number of amides is 1. The zero-order chi connectivity index (χ0) is 13.5. The van der Waals surface area contributed by atoms with Crippen molar-refractivity contribution in [3.05, 3.63) is 28.7 Å². The van der Waals surface area contributed by atoms with Crippen molar-refractivity contribution in [2.24, 2.45) is 10.8 Å². The molecule has 0 aliphatic heterocycles. The average Bonchev–Trinajstić information content (AvgIpc) is 2.29. The van der Waals surface area contributed by atoms with Crippen LogP contribution in [-0.4, -0.2) is 16.7 Å². The molecule has 0 unspecified atom stereocenters. The van der Waals surface area contributed by atoms with E-state index in [2.05, 4.69) is 44.0 Å². The van der Waals surface area contributed by atoms with Crippen LogP contribution in [0.5, 0.6) is 0 Å².